The molecule has 0 heterocycles. The molecule has 1 unspecified atom stereocenters. The highest BCUT2D eigenvalue weighted by Gasteiger charge is 2.07. The molecule has 1 aromatic rings. The number of nitrogens with zero attached hydrogens (tertiary/aromatic N) is 2. The van der Waals surface area contributed by atoms with E-state index in [2.05, 4.69) is 4.99 Å². The number of hydrogen-bond donors (Lipinski definition) is 2. The molecular formula is C13H19N3O. The molecule has 0 saturated heterocycles. The smallest absolute Gasteiger partial charge is 0.153 e. The van der Waals surface area contributed by atoms with E-state index in [0.29, 0.717) is 0 Å². The van der Waals surface area contributed by atoms with Gasteiger partial charge in [-0.25, -0.2) is 0 Å². The number of nitrogens with two attached hydrogens (primary N) is 1. The van der Waals surface area contributed by atoms with Crippen LogP contribution in [0.15, 0.2) is 47.2 Å². The standard InChI is InChI=1S/C13H19N3O/c1-3-12(17)9-15-13(14)16(2)10-11-7-5-4-6-8-11/h3-9,13,17H,10,14H2,1-2H3/b12-3+,15-9?. The zero-order valence-corrected chi connectivity index (χ0v) is 10.2. The van der Waals surface area contributed by atoms with Gasteiger partial charge >= 0.3 is 0 Å². The Labute approximate surface area is 102 Å². The van der Waals surface area contributed by atoms with Gasteiger partial charge in [0.1, 0.15) is 5.76 Å². The van der Waals surface area contributed by atoms with Gasteiger partial charge in [-0.05, 0) is 25.6 Å². The quantitative estimate of drug-likeness (QED) is 0.464. The number of aliphatic hydroxyl groups excluding tert-OH is 1. The SMILES string of the molecule is C/C=C(/O)C=NC(N)N(C)Cc1ccccc1. The molecule has 17 heavy (non-hydrogen) atoms. The predicted molar refractivity (Wildman–Crippen MR) is 70.8 cm³/mol. The average molecular weight is 233 g/mol. The molecule has 1 rings (SSSR count). The predicted octanol–water partition coefficient (Wildman–Crippen LogP) is 1.89. The van der Waals surface area contributed by atoms with E-state index in [1.165, 1.54) is 11.8 Å². The molecule has 0 fully saturated rings. The zero-order valence-electron chi connectivity index (χ0n) is 10.2. The summed E-state index contributed by atoms with van der Waals surface area (Å²) in [6.07, 6.45) is 2.47. The fraction of sp³-hybridized carbons (Fsp3) is 0.308. The molecule has 0 bridgehead atoms. The first-order valence-electron chi connectivity index (χ1n) is 5.51. The summed E-state index contributed by atoms with van der Waals surface area (Å²) in [5, 5.41) is 9.22. The summed E-state index contributed by atoms with van der Waals surface area (Å²) in [4.78, 5) is 5.95. The van der Waals surface area contributed by atoms with Crippen LogP contribution in [0.1, 0.15) is 12.5 Å². The Kier molecular flexibility index (Phi) is 5.39. The highest BCUT2D eigenvalue weighted by atomic mass is 16.3. The maximum Gasteiger partial charge on any atom is 0.153 e. The van der Waals surface area contributed by atoms with Crippen molar-refractivity contribution in [1.29, 1.82) is 0 Å². The summed E-state index contributed by atoms with van der Waals surface area (Å²) in [6, 6.07) is 10.0. The molecule has 0 spiro atoms. The van der Waals surface area contributed by atoms with Crippen molar-refractivity contribution in [2.45, 2.75) is 19.8 Å². The first-order chi connectivity index (χ1) is 8.13. The monoisotopic (exact) mass is 233 g/mol. The van der Waals surface area contributed by atoms with Crippen molar-refractivity contribution in [3.8, 4) is 0 Å². The van der Waals surface area contributed by atoms with Crippen molar-refractivity contribution in [1.82, 2.24) is 4.90 Å². The van der Waals surface area contributed by atoms with Gasteiger partial charge in [0.25, 0.3) is 0 Å². The number of hydrogen-bond acceptors (Lipinski definition) is 4. The van der Waals surface area contributed by atoms with Crippen molar-refractivity contribution in [3.05, 3.63) is 47.7 Å². The van der Waals surface area contributed by atoms with E-state index >= 15 is 0 Å². The fourth-order valence-electron chi connectivity index (χ4n) is 1.31. The van der Waals surface area contributed by atoms with Gasteiger partial charge in [0.15, 0.2) is 6.29 Å². The lowest BCUT2D eigenvalue weighted by Gasteiger charge is -2.20. The summed E-state index contributed by atoms with van der Waals surface area (Å²) >= 11 is 0. The minimum atomic E-state index is -0.461. The summed E-state index contributed by atoms with van der Waals surface area (Å²) < 4.78 is 0. The van der Waals surface area contributed by atoms with Crippen LogP contribution in [0.3, 0.4) is 0 Å². The molecule has 4 heteroatoms. The van der Waals surface area contributed by atoms with Crippen LogP contribution < -0.4 is 5.73 Å². The molecule has 3 N–H and O–H groups in total. The third kappa shape index (κ3) is 4.80. The lowest BCUT2D eigenvalue weighted by Crippen LogP contribution is -2.37. The van der Waals surface area contributed by atoms with E-state index < -0.39 is 6.29 Å². The second kappa shape index (κ2) is 6.83. The van der Waals surface area contributed by atoms with Gasteiger partial charge in [0, 0.05) is 6.54 Å². The second-order valence-electron chi connectivity index (χ2n) is 3.81. The molecule has 0 aliphatic carbocycles. The normalized spacial score (nSPS) is 14.5. The van der Waals surface area contributed by atoms with E-state index in [1.807, 2.05) is 42.3 Å². The molecule has 0 saturated carbocycles. The Balaban J connectivity index is 2.53. The second-order valence-corrected chi connectivity index (χ2v) is 3.81. The number of benzene rings is 1. The number of aliphatic hydroxyl groups is 1. The zero-order chi connectivity index (χ0) is 12.7. The van der Waals surface area contributed by atoms with Gasteiger partial charge in [-0.3, -0.25) is 15.6 Å². The summed E-state index contributed by atoms with van der Waals surface area (Å²) in [5.41, 5.74) is 7.03. The van der Waals surface area contributed by atoms with Crippen molar-refractivity contribution < 1.29 is 5.11 Å². The van der Waals surface area contributed by atoms with E-state index in [-0.39, 0.29) is 5.76 Å². The summed E-state index contributed by atoms with van der Waals surface area (Å²) in [7, 11) is 1.89. The van der Waals surface area contributed by atoms with E-state index in [4.69, 9.17) is 5.73 Å². The first kappa shape index (κ1) is 13.4. The molecule has 0 aromatic heterocycles. The third-order valence-electron chi connectivity index (χ3n) is 2.38. The van der Waals surface area contributed by atoms with Crippen LogP contribution in [0.5, 0.6) is 0 Å². The van der Waals surface area contributed by atoms with Crippen LogP contribution in [0, 0.1) is 0 Å². The Morgan fingerprint density at radius 3 is 2.71 bits per heavy atom. The Hall–Kier alpha value is -1.65. The first-order valence-corrected chi connectivity index (χ1v) is 5.51. The Bertz CT molecular complexity index is 387. The Morgan fingerprint density at radius 1 is 1.47 bits per heavy atom. The number of allylic oxidation sites excluding steroid dienone is 2. The number of aliphatic imine (C=N–C) groups is 1. The lowest BCUT2D eigenvalue weighted by molar-refractivity contribution is 0.246. The highest BCUT2D eigenvalue weighted by Crippen LogP contribution is 2.04. The van der Waals surface area contributed by atoms with Gasteiger partial charge in [0.05, 0.1) is 6.21 Å². The lowest BCUT2D eigenvalue weighted by atomic mass is 10.2. The fourth-order valence-corrected chi connectivity index (χ4v) is 1.31. The molecule has 1 atom stereocenters. The van der Waals surface area contributed by atoms with Crippen LogP contribution in [0.4, 0.5) is 0 Å². The third-order valence-corrected chi connectivity index (χ3v) is 2.38. The van der Waals surface area contributed by atoms with E-state index in [9.17, 15) is 5.11 Å². The molecule has 0 aliphatic rings. The average Bonchev–Trinajstić information content (AvgIpc) is 2.36. The molecule has 1 aromatic carbocycles. The van der Waals surface area contributed by atoms with Gasteiger partial charge < -0.3 is 5.11 Å². The summed E-state index contributed by atoms with van der Waals surface area (Å²) in [5.74, 6) is 0.119. The largest absolute Gasteiger partial charge is 0.507 e. The number of rotatable bonds is 5. The Morgan fingerprint density at radius 2 is 2.12 bits per heavy atom. The minimum Gasteiger partial charge on any atom is -0.507 e. The topological polar surface area (TPSA) is 61.9 Å². The van der Waals surface area contributed by atoms with Gasteiger partial charge in [-0.1, -0.05) is 30.3 Å². The van der Waals surface area contributed by atoms with Crippen molar-refractivity contribution in [2.75, 3.05) is 7.05 Å². The molecule has 0 radical (unpaired) electrons. The van der Waals surface area contributed by atoms with Crippen molar-refractivity contribution >= 4 is 6.21 Å². The van der Waals surface area contributed by atoms with Crippen molar-refractivity contribution in [2.24, 2.45) is 10.7 Å². The van der Waals surface area contributed by atoms with Gasteiger partial charge in [-0.2, -0.15) is 0 Å². The molecule has 0 aliphatic heterocycles. The van der Waals surface area contributed by atoms with Crippen LogP contribution in [0.25, 0.3) is 0 Å². The van der Waals surface area contributed by atoms with Crippen LogP contribution in [-0.2, 0) is 6.54 Å². The molecule has 0 amide bonds. The minimum absolute atomic E-state index is 0.119. The van der Waals surface area contributed by atoms with Gasteiger partial charge in [-0.15, -0.1) is 0 Å². The highest BCUT2D eigenvalue weighted by molar-refractivity contribution is 5.75. The molecular weight excluding hydrogens is 214 g/mol. The van der Waals surface area contributed by atoms with E-state index in [1.54, 1.807) is 13.0 Å². The molecule has 92 valence electrons. The van der Waals surface area contributed by atoms with Crippen molar-refractivity contribution in [3.63, 3.8) is 0 Å². The summed E-state index contributed by atoms with van der Waals surface area (Å²) in [6.45, 7) is 2.45. The maximum absolute atomic E-state index is 9.22. The molecule has 4 nitrogen and oxygen atoms in total. The van der Waals surface area contributed by atoms with Gasteiger partial charge in [0.2, 0.25) is 0 Å². The van der Waals surface area contributed by atoms with E-state index in [0.717, 1.165) is 6.54 Å². The maximum atomic E-state index is 9.22. The van der Waals surface area contributed by atoms with Crippen LogP contribution >= 0.6 is 0 Å². The van der Waals surface area contributed by atoms with Crippen LogP contribution in [-0.4, -0.2) is 29.6 Å². The van der Waals surface area contributed by atoms with Crippen LogP contribution in [0.2, 0.25) is 0 Å².